The van der Waals surface area contributed by atoms with Gasteiger partial charge in [-0.15, -0.1) is 0 Å². The van der Waals surface area contributed by atoms with Gasteiger partial charge in [0.25, 0.3) is 0 Å². The van der Waals surface area contributed by atoms with Crippen LogP contribution in [0, 0.1) is 0 Å². The SMILES string of the molecule is CSCc1cnc(Cl)nc1. The summed E-state index contributed by atoms with van der Waals surface area (Å²) in [6, 6.07) is 0. The van der Waals surface area contributed by atoms with E-state index in [-0.39, 0.29) is 0 Å². The molecule has 4 heteroatoms. The Morgan fingerprint density at radius 2 is 2.10 bits per heavy atom. The Morgan fingerprint density at radius 1 is 1.50 bits per heavy atom. The molecule has 0 bridgehead atoms. The van der Waals surface area contributed by atoms with Crippen LogP contribution in [0.3, 0.4) is 0 Å². The van der Waals surface area contributed by atoms with Crippen LogP contribution < -0.4 is 0 Å². The smallest absolute Gasteiger partial charge is 0.222 e. The monoisotopic (exact) mass is 174 g/mol. The number of aromatic nitrogens is 2. The second kappa shape index (κ2) is 3.78. The first kappa shape index (κ1) is 7.82. The van der Waals surface area contributed by atoms with Gasteiger partial charge in [0.1, 0.15) is 0 Å². The van der Waals surface area contributed by atoms with Gasteiger partial charge in [0, 0.05) is 18.1 Å². The average Bonchev–Trinajstić information content (AvgIpc) is 1.95. The van der Waals surface area contributed by atoms with Crippen molar-refractivity contribution >= 4 is 23.4 Å². The van der Waals surface area contributed by atoms with Crippen LogP contribution in [0.4, 0.5) is 0 Å². The molecule has 0 aliphatic rings. The van der Waals surface area contributed by atoms with Crippen molar-refractivity contribution in [2.24, 2.45) is 0 Å². The third kappa shape index (κ3) is 2.15. The lowest BCUT2D eigenvalue weighted by Crippen LogP contribution is -1.85. The normalized spacial score (nSPS) is 9.80. The van der Waals surface area contributed by atoms with Crippen LogP contribution >= 0.6 is 23.4 Å². The highest BCUT2D eigenvalue weighted by Crippen LogP contribution is 2.07. The van der Waals surface area contributed by atoms with E-state index in [1.807, 2.05) is 6.26 Å². The standard InChI is InChI=1S/C6H7ClN2S/c1-10-4-5-2-8-6(7)9-3-5/h2-3H,4H2,1H3. The fraction of sp³-hybridized carbons (Fsp3) is 0.333. The van der Waals surface area contributed by atoms with Gasteiger partial charge in [0.2, 0.25) is 5.28 Å². The first-order chi connectivity index (χ1) is 4.83. The maximum atomic E-state index is 5.48. The molecule has 0 N–H and O–H groups in total. The van der Waals surface area contributed by atoms with Gasteiger partial charge in [-0.25, -0.2) is 9.97 Å². The number of hydrogen-bond donors (Lipinski definition) is 0. The lowest BCUT2D eigenvalue weighted by Gasteiger charge is -1.94. The third-order valence-corrected chi connectivity index (χ3v) is 1.80. The van der Waals surface area contributed by atoms with Crippen molar-refractivity contribution in [1.29, 1.82) is 0 Å². The zero-order chi connectivity index (χ0) is 7.40. The van der Waals surface area contributed by atoms with Crippen molar-refractivity contribution in [2.45, 2.75) is 5.75 Å². The van der Waals surface area contributed by atoms with E-state index in [0.29, 0.717) is 5.28 Å². The average molecular weight is 175 g/mol. The Labute approximate surface area is 69.0 Å². The van der Waals surface area contributed by atoms with Crippen LogP contribution in [0.15, 0.2) is 12.4 Å². The van der Waals surface area contributed by atoms with Crippen LogP contribution in [0.2, 0.25) is 5.28 Å². The van der Waals surface area contributed by atoms with Crippen LogP contribution in [0.1, 0.15) is 5.56 Å². The van der Waals surface area contributed by atoms with Gasteiger partial charge < -0.3 is 0 Å². The van der Waals surface area contributed by atoms with Gasteiger partial charge >= 0.3 is 0 Å². The summed E-state index contributed by atoms with van der Waals surface area (Å²) in [7, 11) is 0. The maximum Gasteiger partial charge on any atom is 0.222 e. The van der Waals surface area contributed by atoms with E-state index in [1.54, 1.807) is 24.2 Å². The molecule has 0 unspecified atom stereocenters. The molecular weight excluding hydrogens is 168 g/mol. The molecule has 0 radical (unpaired) electrons. The molecule has 0 aliphatic heterocycles. The molecule has 0 amide bonds. The first-order valence-electron chi connectivity index (χ1n) is 2.78. The highest BCUT2D eigenvalue weighted by molar-refractivity contribution is 7.97. The number of halogens is 1. The summed E-state index contributed by atoms with van der Waals surface area (Å²) in [5, 5.41) is 0.310. The van der Waals surface area contributed by atoms with Gasteiger partial charge in [-0.3, -0.25) is 0 Å². The highest BCUT2D eigenvalue weighted by Gasteiger charge is 1.91. The molecule has 1 heterocycles. The van der Waals surface area contributed by atoms with Crippen LogP contribution in [0.5, 0.6) is 0 Å². The minimum Gasteiger partial charge on any atom is -0.226 e. The van der Waals surface area contributed by atoms with Crippen molar-refractivity contribution < 1.29 is 0 Å². The Bertz CT molecular complexity index is 199. The molecule has 0 aromatic carbocycles. The highest BCUT2D eigenvalue weighted by atomic mass is 35.5. The molecule has 0 saturated heterocycles. The summed E-state index contributed by atoms with van der Waals surface area (Å²) in [4.78, 5) is 7.68. The third-order valence-electron chi connectivity index (χ3n) is 0.985. The van der Waals surface area contributed by atoms with Crippen LogP contribution in [-0.2, 0) is 5.75 Å². The predicted molar refractivity (Wildman–Crippen MR) is 44.3 cm³/mol. The minimum absolute atomic E-state index is 0.310. The summed E-state index contributed by atoms with van der Waals surface area (Å²) in [5.74, 6) is 0.942. The number of hydrogen-bond acceptors (Lipinski definition) is 3. The summed E-state index contributed by atoms with van der Waals surface area (Å²) >= 11 is 7.22. The first-order valence-corrected chi connectivity index (χ1v) is 4.55. The molecule has 2 nitrogen and oxygen atoms in total. The van der Waals surface area contributed by atoms with Crippen LogP contribution in [0.25, 0.3) is 0 Å². The second-order valence-corrected chi connectivity index (χ2v) is 3.00. The molecule has 10 heavy (non-hydrogen) atoms. The van der Waals surface area contributed by atoms with E-state index < -0.39 is 0 Å². The summed E-state index contributed by atoms with van der Waals surface area (Å²) in [6.07, 6.45) is 5.52. The second-order valence-electron chi connectivity index (χ2n) is 1.79. The largest absolute Gasteiger partial charge is 0.226 e. The predicted octanol–water partition coefficient (Wildman–Crippen LogP) is 1.99. The van der Waals surface area contributed by atoms with E-state index in [1.165, 1.54) is 0 Å². The Balaban J connectivity index is 2.69. The summed E-state index contributed by atoms with van der Waals surface area (Å²) < 4.78 is 0. The van der Waals surface area contributed by atoms with Gasteiger partial charge in [-0.05, 0) is 23.4 Å². The molecule has 1 rings (SSSR count). The number of rotatable bonds is 2. The quantitative estimate of drug-likeness (QED) is 0.642. The van der Waals surface area contributed by atoms with Crippen molar-refractivity contribution in [3.8, 4) is 0 Å². The van der Waals surface area contributed by atoms with E-state index in [4.69, 9.17) is 11.6 Å². The van der Waals surface area contributed by atoms with Gasteiger partial charge in [-0.1, -0.05) is 0 Å². The Hall–Kier alpha value is -0.280. The topological polar surface area (TPSA) is 25.8 Å². The lowest BCUT2D eigenvalue weighted by molar-refractivity contribution is 1.12. The maximum absolute atomic E-state index is 5.48. The zero-order valence-corrected chi connectivity index (χ0v) is 7.11. The molecule has 1 aromatic rings. The zero-order valence-electron chi connectivity index (χ0n) is 5.54. The molecule has 0 fully saturated rings. The van der Waals surface area contributed by atoms with E-state index >= 15 is 0 Å². The molecular formula is C6H7ClN2S. The van der Waals surface area contributed by atoms with Gasteiger partial charge in [-0.2, -0.15) is 11.8 Å². The van der Waals surface area contributed by atoms with Crippen molar-refractivity contribution in [3.05, 3.63) is 23.2 Å². The summed E-state index contributed by atoms with van der Waals surface area (Å²) in [6.45, 7) is 0. The van der Waals surface area contributed by atoms with Gasteiger partial charge in [0.05, 0.1) is 0 Å². The van der Waals surface area contributed by atoms with E-state index in [2.05, 4.69) is 9.97 Å². The summed E-state index contributed by atoms with van der Waals surface area (Å²) in [5.41, 5.74) is 1.11. The lowest BCUT2D eigenvalue weighted by atomic mass is 10.4. The molecule has 0 atom stereocenters. The van der Waals surface area contributed by atoms with Gasteiger partial charge in [0.15, 0.2) is 0 Å². The fourth-order valence-corrected chi connectivity index (χ4v) is 1.16. The van der Waals surface area contributed by atoms with Crippen molar-refractivity contribution in [2.75, 3.05) is 6.26 Å². The molecule has 54 valence electrons. The van der Waals surface area contributed by atoms with E-state index in [9.17, 15) is 0 Å². The number of thioether (sulfide) groups is 1. The van der Waals surface area contributed by atoms with Crippen LogP contribution in [-0.4, -0.2) is 16.2 Å². The van der Waals surface area contributed by atoms with Crippen molar-refractivity contribution in [3.63, 3.8) is 0 Å². The molecule has 1 aromatic heterocycles. The molecule has 0 aliphatic carbocycles. The number of nitrogens with zero attached hydrogens (tertiary/aromatic N) is 2. The van der Waals surface area contributed by atoms with Crippen molar-refractivity contribution in [1.82, 2.24) is 9.97 Å². The Morgan fingerprint density at radius 3 is 2.60 bits per heavy atom. The Kier molecular flexibility index (Phi) is 2.96. The molecule has 0 spiro atoms. The fourth-order valence-electron chi connectivity index (χ4n) is 0.580. The van der Waals surface area contributed by atoms with E-state index in [0.717, 1.165) is 11.3 Å². The minimum atomic E-state index is 0.310. The molecule has 0 saturated carbocycles.